The van der Waals surface area contributed by atoms with Crippen LogP contribution in [0.2, 0.25) is 0 Å². The van der Waals surface area contributed by atoms with Crippen molar-refractivity contribution < 1.29 is 9.53 Å². The van der Waals surface area contributed by atoms with Crippen LogP contribution in [-0.4, -0.2) is 18.6 Å². The lowest BCUT2D eigenvalue weighted by molar-refractivity contribution is -0.126. The second-order valence-corrected chi connectivity index (χ2v) is 3.29. The Kier molecular flexibility index (Phi) is 4.59. The van der Waals surface area contributed by atoms with E-state index in [1.807, 2.05) is 6.07 Å². The lowest BCUT2D eigenvalue weighted by Gasteiger charge is -2.14. The maximum absolute atomic E-state index is 11.5. The number of terminal acetylenes is 1. The fourth-order valence-electron chi connectivity index (χ4n) is 1.19. The Labute approximate surface area is 100 Å². The summed E-state index contributed by atoms with van der Waals surface area (Å²) < 4.78 is 5.39. The Bertz CT molecular complexity index is 483. The van der Waals surface area contributed by atoms with E-state index in [9.17, 15) is 4.79 Å². The minimum absolute atomic E-state index is 0.159. The molecule has 0 aliphatic carbocycles. The van der Waals surface area contributed by atoms with Crippen LogP contribution in [0.15, 0.2) is 24.3 Å². The van der Waals surface area contributed by atoms with Gasteiger partial charge in [-0.05, 0) is 19.1 Å². The second-order valence-electron chi connectivity index (χ2n) is 3.29. The molecule has 1 aromatic carbocycles. The summed E-state index contributed by atoms with van der Waals surface area (Å²) in [6.07, 6.45) is 4.33. The molecule has 0 saturated heterocycles. The van der Waals surface area contributed by atoms with Gasteiger partial charge in [0.2, 0.25) is 0 Å². The molecule has 0 aromatic heterocycles. The lowest BCUT2D eigenvalue weighted by atomic mass is 10.2. The summed E-state index contributed by atoms with van der Waals surface area (Å²) in [5.41, 5.74) is 0.393. The topological polar surface area (TPSA) is 62.1 Å². The Morgan fingerprint density at radius 1 is 1.59 bits per heavy atom. The molecule has 0 aliphatic rings. The van der Waals surface area contributed by atoms with Crippen molar-refractivity contribution in [3.05, 3.63) is 29.8 Å². The molecule has 1 N–H and O–H groups in total. The first kappa shape index (κ1) is 12.6. The quantitative estimate of drug-likeness (QED) is 0.784. The van der Waals surface area contributed by atoms with Crippen molar-refractivity contribution in [2.75, 3.05) is 6.54 Å². The van der Waals surface area contributed by atoms with Gasteiger partial charge in [-0.15, -0.1) is 6.42 Å². The summed E-state index contributed by atoms with van der Waals surface area (Å²) in [5, 5.41) is 11.4. The Hall–Kier alpha value is -2.46. The number of carbonyl (C=O) groups excluding carboxylic acids is 1. The van der Waals surface area contributed by atoms with Gasteiger partial charge in [-0.1, -0.05) is 18.1 Å². The Morgan fingerprint density at radius 2 is 2.29 bits per heavy atom. The van der Waals surface area contributed by atoms with Crippen LogP contribution < -0.4 is 10.1 Å². The zero-order valence-corrected chi connectivity index (χ0v) is 9.43. The van der Waals surface area contributed by atoms with Crippen LogP contribution in [0.3, 0.4) is 0 Å². The molecule has 0 saturated carbocycles. The molecule has 4 heteroatoms. The number of amides is 1. The van der Waals surface area contributed by atoms with Crippen LogP contribution in [0.5, 0.6) is 5.75 Å². The van der Waals surface area contributed by atoms with Gasteiger partial charge in [-0.2, -0.15) is 5.26 Å². The molecule has 17 heavy (non-hydrogen) atoms. The van der Waals surface area contributed by atoms with Gasteiger partial charge < -0.3 is 10.1 Å². The predicted octanol–water partition coefficient (Wildman–Crippen LogP) is 1.07. The fourth-order valence-corrected chi connectivity index (χ4v) is 1.19. The van der Waals surface area contributed by atoms with E-state index in [-0.39, 0.29) is 12.5 Å². The number of para-hydroxylation sites is 1. The first-order valence-corrected chi connectivity index (χ1v) is 5.06. The van der Waals surface area contributed by atoms with Crippen LogP contribution in [0.1, 0.15) is 12.5 Å². The van der Waals surface area contributed by atoms with Gasteiger partial charge in [0, 0.05) is 0 Å². The number of benzene rings is 1. The summed E-state index contributed by atoms with van der Waals surface area (Å²) in [4.78, 5) is 11.5. The van der Waals surface area contributed by atoms with E-state index in [4.69, 9.17) is 16.4 Å². The van der Waals surface area contributed by atoms with Crippen molar-refractivity contribution >= 4 is 5.91 Å². The molecule has 4 nitrogen and oxygen atoms in total. The van der Waals surface area contributed by atoms with Gasteiger partial charge in [0.25, 0.3) is 5.91 Å². The third kappa shape index (κ3) is 3.55. The second kappa shape index (κ2) is 6.19. The number of rotatable bonds is 4. The van der Waals surface area contributed by atoms with Crippen molar-refractivity contribution in [2.45, 2.75) is 13.0 Å². The van der Waals surface area contributed by atoms with Crippen LogP contribution in [0, 0.1) is 23.7 Å². The Morgan fingerprint density at radius 3 is 2.94 bits per heavy atom. The highest BCUT2D eigenvalue weighted by atomic mass is 16.5. The maximum Gasteiger partial charge on any atom is 0.261 e. The molecule has 1 rings (SSSR count). The molecule has 0 aliphatic heterocycles. The van der Waals surface area contributed by atoms with Gasteiger partial charge >= 0.3 is 0 Å². The van der Waals surface area contributed by atoms with E-state index in [0.29, 0.717) is 11.3 Å². The van der Waals surface area contributed by atoms with Crippen LogP contribution in [-0.2, 0) is 4.79 Å². The zero-order valence-electron chi connectivity index (χ0n) is 9.43. The van der Waals surface area contributed by atoms with Crippen molar-refractivity contribution in [3.63, 3.8) is 0 Å². The van der Waals surface area contributed by atoms with Crippen molar-refractivity contribution in [3.8, 4) is 24.2 Å². The lowest BCUT2D eigenvalue weighted by Crippen LogP contribution is -2.36. The van der Waals surface area contributed by atoms with E-state index in [2.05, 4.69) is 11.2 Å². The highest BCUT2D eigenvalue weighted by Crippen LogP contribution is 2.17. The molecule has 0 bridgehead atoms. The van der Waals surface area contributed by atoms with E-state index in [0.717, 1.165) is 0 Å². The van der Waals surface area contributed by atoms with Crippen LogP contribution in [0.4, 0.5) is 0 Å². The van der Waals surface area contributed by atoms with E-state index < -0.39 is 6.10 Å². The van der Waals surface area contributed by atoms with E-state index in [1.165, 1.54) is 0 Å². The van der Waals surface area contributed by atoms with E-state index in [1.54, 1.807) is 31.2 Å². The molecule has 0 heterocycles. The fraction of sp³-hybridized carbons (Fsp3) is 0.231. The standard InChI is InChI=1S/C13H12N2O2/c1-3-8-15-13(16)10(2)17-12-7-5-4-6-11(12)9-14/h1,4-7,10H,8H2,2H3,(H,15,16). The van der Waals surface area contributed by atoms with Gasteiger partial charge in [-0.3, -0.25) is 4.79 Å². The number of nitrogens with zero attached hydrogens (tertiary/aromatic N) is 1. The molecule has 0 fully saturated rings. The van der Waals surface area contributed by atoms with Gasteiger partial charge in [0.1, 0.15) is 11.8 Å². The number of nitrogens with one attached hydrogen (secondary N) is 1. The smallest absolute Gasteiger partial charge is 0.261 e. The first-order chi connectivity index (χ1) is 8.19. The number of hydrogen-bond acceptors (Lipinski definition) is 3. The number of hydrogen-bond donors (Lipinski definition) is 1. The van der Waals surface area contributed by atoms with Gasteiger partial charge in [0.05, 0.1) is 12.1 Å². The SMILES string of the molecule is C#CCNC(=O)C(C)Oc1ccccc1C#N. The summed E-state index contributed by atoms with van der Waals surface area (Å²) in [7, 11) is 0. The van der Waals surface area contributed by atoms with Crippen molar-refractivity contribution in [2.24, 2.45) is 0 Å². The average molecular weight is 228 g/mol. The van der Waals surface area contributed by atoms with Crippen LogP contribution in [0.25, 0.3) is 0 Å². The molecule has 86 valence electrons. The molecule has 0 radical (unpaired) electrons. The highest BCUT2D eigenvalue weighted by Gasteiger charge is 2.15. The van der Waals surface area contributed by atoms with Crippen molar-refractivity contribution in [1.29, 1.82) is 5.26 Å². The maximum atomic E-state index is 11.5. The predicted molar refractivity (Wildman–Crippen MR) is 63.1 cm³/mol. The zero-order chi connectivity index (χ0) is 12.7. The summed E-state index contributed by atoms with van der Waals surface area (Å²) in [5.74, 6) is 2.38. The molecule has 0 spiro atoms. The molecule has 1 unspecified atom stereocenters. The summed E-state index contributed by atoms with van der Waals surface area (Å²) in [6, 6.07) is 8.73. The van der Waals surface area contributed by atoms with Gasteiger partial charge in [0.15, 0.2) is 6.10 Å². The minimum atomic E-state index is -0.696. The largest absolute Gasteiger partial charge is 0.480 e. The highest BCUT2D eigenvalue weighted by molar-refractivity contribution is 5.81. The molecule has 1 amide bonds. The average Bonchev–Trinajstić information content (AvgIpc) is 2.36. The minimum Gasteiger partial charge on any atom is -0.480 e. The molecule has 1 atom stereocenters. The number of carbonyl (C=O) groups is 1. The normalized spacial score (nSPS) is 10.8. The number of nitriles is 1. The van der Waals surface area contributed by atoms with Crippen molar-refractivity contribution in [1.82, 2.24) is 5.32 Å². The first-order valence-electron chi connectivity index (χ1n) is 5.06. The molecule has 1 aromatic rings. The third-order valence-corrected chi connectivity index (χ3v) is 2.05. The van der Waals surface area contributed by atoms with Crippen LogP contribution >= 0.6 is 0 Å². The van der Waals surface area contributed by atoms with Gasteiger partial charge in [-0.25, -0.2) is 0 Å². The van der Waals surface area contributed by atoms with E-state index >= 15 is 0 Å². The third-order valence-electron chi connectivity index (χ3n) is 2.05. The molecular formula is C13H12N2O2. The monoisotopic (exact) mass is 228 g/mol. The summed E-state index contributed by atoms with van der Waals surface area (Å²) >= 11 is 0. The Balaban J connectivity index is 2.69. The summed E-state index contributed by atoms with van der Waals surface area (Å²) in [6.45, 7) is 1.76. The number of ether oxygens (including phenoxy) is 1. The molecular weight excluding hydrogens is 216 g/mol.